The zero-order chi connectivity index (χ0) is 10.8. The van der Waals surface area contributed by atoms with Gasteiger partial charge in [-0.05, 0) is 27.7 Å². The molecule has 0 spiro atoms. The highest BCUT2D eigenvalue weighted by Crippen LogP contribution is 2.21. The number of nitrogens with two attached hydrogens (primary N) is 1. The molecule has 1 rings (SSSR count). The van der Waals surface area contributed by atoms with Gasteiger partial charge in [-0.25, -0.2) is 9.97 Å². The van der Waals surface area contributed by atoms with Crippen LogP contribution in [0.1, 0.15) is 32.3 Å². The minimum Gasteiger partial charge on any atom is -0.384 e. The normalized spacial score (nSPS) is 11.7. The van der Waals surface area contributed by atoms with Crippen molar-refractivity contribution in [1.29, 1.82) is 0 Å². The molecule has 1 heterocycles. The molecule has 0 radical (unpaired) electrons. The van der Waals surface area contributed by atoms with Crippen molar-refractivity contribution in [1.82, 2.24) is 9.97 Å². The molecule has 2 N–H and O–H groups in total. The number of nitrogens with zero attached hydrogens (tertiary/aromatic N) is 2. The van der Waals surface area contributed by atoms with Crippen molar-refractivity contribution < 1.29 is 4.74 Å². The van der Waals surface area contributed by atoms with Crippen molar-refractivity contribution in [3.05, 3.63) is 17.6 Å². The Morgan fingerprint density at radius 2 is 2.07 bits per heavy atom. The molecule has 78 valence electrons. The lowest BCUT2D eigenvalue weighted by Crippen LogP contribution is -2.25. The van der Waals surface area contributed by atoms with E-state index in [1.165, 1.54) is 0 Å². The number of aryl methyl sites for hydroxylation is 1. The maximum absolute atomic E-state index is 5.65. The third-order valence-electron chi connectivity index (χ3n) is 1.92. The monoisotopic (exact) mass is 195 g/mol. The van der Waals surface area contributed by atoms with Crippen molar-refractivity contribution in [2.24, 2.45) is 0 Å². The largest absolute Gasteiger partial charge is 0.384 e. The lowest BCUT2D eigenvalue weighted by atomic mass is 10.1. The summed E-state index contributed by atoms with van der Waals surface area (Å²) in [4.78, 5) is 8.47. The SMILES string of the molecule is CCOC(C)(C)c1nc(C)cc(N)n1. The first-order valence-electron chi connectivity index (χ1n) is 4.71. The molecule has 1 aromatic rings. The summed E-state index contributed by atoms with van der Waals surface area (Å²) in [5.41, 5.74) is 6.03. The van der Waals surface area contributed by atoms with Gasteiger partial charge in [0.15, 0.2) is 5.82 Å². The van der Waals surface area contributed by atoms with Crippen LogP contribution in [0.5, 0.6) is 0 Å². The molecule has 0 atom stereocenters. The van der Waals surface area contributed by atoms with Gasteiger partial charge in [0.25, 0.3) is 0 Å². The van der Waals surface area contributed by atoms with Crippen LogP contribution < -0.4 is 5.73 Å². The van der Waals surface area contributed by atoms with Gasteiger partial charge in [-0.3, -0.25) is 0 Å². The van der Waals surface area contributed by atoms with Gasteiger partial charge < -0.3 is 10.5 Å². The first-order valence-corrected chi connectivity index (χ1v) is 4.71. The number of aromatic nitrogens is 2. The summed E-state index contributed by atoms with van der Waals surface area (Å²) < 4.78 is 5.54. The molecule has 0 unspecified atom stereocenters. The maximum Gasteiger partial charge on any atom is 0.162 e. The molecule has 4 nitrogen and oxygen atoms in total. The number of hydrogen-bond acceptors (Lipinski definition) is 4. The highest BCUT2D eigenvalue weighted by molar-refractivity contribution is 5.30. The highest BCUT2D eigenvalue weighted by Gasteiger charge is 2.24. The molecule has 4 heteroatoms. The van der Waals surface area contributed by atoms with Crippen LogP contribution in [0.2, 0.25) is 0 Å². The van der Waals surface area contributed by atoms with Gasteiger partial charge in [0.1, 0.15) is 11.4 Å². The Morgan fingerprint density at radius 3 is 2.57 bits per heavy atom. The van der Waals surface area contributed by atoms with Crippen molar-refractivity contribution in [2.75, 3.05) is 12.3 Å². The van der Waals surface area contributed by atoms with E-state index in [1.54, 1.807) is 6.07 Å². The van der Waals surface area contributed by atoms with E-state index in [4.69, 9.17) is 10.5 Å². The molecular formula is C10H17N3O. The first-order chi connectivity index (χ1) is 6.45. The predicted molar refractivity (Wildman–Crippen MR) is 55.8 cm³/mol. The molecule has 14 heavy (non-hydrogen) atoms. The van der Waals surface area contributed by atoms with Gasteiger partial charge in [0, 0.05) is 18.4 Å². The molecule has 1 aromatic heterocycles. The van der Waals surface area contributed by atoms with Gasteiger partial charge in [0.2, 0.25) is 0 Å². The third kappa shape index (κ3) is 2.42. The van der Waals surface area contributed by atoms with Gasteiger partial charge >= 0.3 is 0 Å². The Kier molecular flexibility index (Phi) is 3.06. The second-order valence-electron chi connectivity index (χ2n) is 3.70. The predicted octanol–water partition coefficient (Wildman–Crippen LogP) is 1.64. The first kappa shape index (κ1) is 10.9. The Bertz CT molecular complexity index is 303. The van der Waals surface area contributed by atoms with Crippen molar-refractivity contribution in [2.45, 2.75) is 33.3 Å². The lowest BCUT2D eigenvalue weighted by molar-refractivity contribution is -0.0208. The van der Waals surface area contributed by atoms with E-state index in [0.717, 1.165) is 5.69 Å². The van der Waals surface area contributed by atoms with Crippen molar-refractivity contribution >= 4 is 5.82 Å². The zero-order valence-corrected chi connectivity index (χ0v) is 9.16. The lowest BCUT2D eigenvalue weighted by Gasteiger charge is -2.23. The molecule has 0 bridgehead atoms. The van der Waals surface area contributed by atoms with Crippen LogP contribution in [0, 0.1) is 6.92 Å². The standard InChI is InChI=1S/C10H17N3O/c1-5-14-10(3,4)9-12-7(2)6-8(11)13-9/h6H,5H2,1-4H3,(H2,11,12,13). The molecule has 0 aliphatic rings. The molecule has 0 amide bonds. The third-order valence-corrected chi connectivity index (χ3v) is 1.92. The minimum atomic E-state index is -0.477. The summed E-state index contributed by atoms with van der Waals surface area (Å²) in [6, 6.07) is 1.74. The molecular weight excluding hydrogens is 178 g/mol. The van der Waals surface area contributed by atoms with Crippen molar-refractivity contribution in [3.63, 3.8) is 0 Å². The summed E-state index contributed by atoms with van der Waals surface area (Å²) in [5, 5.41) is 0. The molecule has 0 saturated heterocycles. The van der Waals surface area contributed by atoms with E-state index < -0.39 is 5.60 Å². The Balaban J connectivity index is 3.05. The average Bonchev–Trinajstić information content (AvgIpc) is 2.02. The zero-order valence-electron chi connectivity index (χ0n) is 9.16. The van der Waals surface area contributed by atoms with Gasteiger partial charge in [-0.15, -0.1) is 0 Å². The Labute approximate surface area is 84.5 Å². The molecule has 0 saturated carbocycles. The van der Waals surface area contributed by atoms with Crippen molar-refractivity contribution in [3.8, 4) is 0 Å². The van der Waals surface area contributed by atoms with Crippen LogP contribution in [0.15, 0.2) is 6.07 Å². The van der Waals surface area contributed by atoms with Crippen LogP contribution in [-0.4, -0.2) is 16.6 Å². The quantitative estimate of drug-likeness (QED) is 0.796. The number of rotatable bonds is 3. The number of hydrogen-bond donors (Lipinski definition) is 1. The van der Waals surface area contributed by atoms with E-state index >= 15 is 0 Å². The number of ether oxygens (including phenoxy) is 1. The number of nitrogen functional groups attached to an aromatic ring is 1. The van der Waals surface area contributed by atoms with Gasteiger partial charge in [0.05, 0.1) is 0 Å². The fourth-order valence-electron chi connectivity index (χ4n) is 1.29. The second-order valence-corrected chi connectivity index (χ2v) is 3.70. The minimum absolute atomic E-state index is 0.477. The van der Waals surface area contributed by atoms with E-state index in [-0.39, 0.29) is 0 Å². The summed E-state index contributed by atoms with van der Waals surface area (Å²) >= 11 is 0. The van der Waals surface area contributed by atoms with E-state index in [9.17, 15) is 0 Å². The van der Waals surface area contributed by atoms with Crippen LogP contribution >= 0.6 is 0 Å². The summed E-state index contributed by atoms with van der Waals surface area (Å²) in [6.07, 6.45) is 0. The topological polar surface area (TPSA) is 61.0 Å². The van der Waals surface area contributed by atoms with Gasteiger partial charge in [-0.2, -0.15) is 0 Å². The van der Waals surface area contributed by atoms with Crippen LogP contribution in [0.3, 0.4) is 0 Å². The van der Waals surface area contributed by atoms with Crippen LogP contribution in [-0.2, 0) is 10.3 Å². The van der Waals surface area contributed by atoms with Crippen LogP contribution in [0.4, 0.5) is 5.82 Å². The molecule has 0 aliphatic heterocycles. The Morgan fingerprint density at radius 1 is 1.43 bits per heavy atom. The maximum atomic E-state index is 5.65. The molecule has 0 fully saturated rings. The average molecular weight is 195 g/mol. The summed E-state index contributed by atoms with van der Waals surface area (Å²) in [6.45, 7) is 8.34. The summed E-state index contributed by atoms with van der Waals surface area (Å²) in [5.74, 6) is 1.12. The fourth-order valence-corrected chi connectivity index (χ4v) is 1.29. The smallest absolute Gasteiger partial charge is 0.162 e. The van der Waals surface area contributed by atoms with Crippen LogP contribution in [0.25, 0.3) is 0 Å². The fraction of sp³-hybridized carbons (Fsp3) is 0.600. The van der Waals surface area contributed by atoms with E-state index in [0.29, 0.717) is 18.2 Å². The van der Waals surface area contributed by atoms with E-state index in [2.05, 4.69) is 9.97 Å². The highest BCUT2D eigenvalue weighted by atomic mass is 16.5. The molecule has 0 aliphatic carbocycles. The number of anilines is 1. The molecule has 0 aromatic carbocycles. The summed E-state index contributed by atoms with van der Waals surface area (Å²) in [7, 11) is 0. The Hall–Kier alpha value is -1.16. The van der Waals surface area contributed by atoms with E-state index in [1.807, 2.05) is 27.7 Å². The van der Waals surface area contributed by atoms with Gasteiger partial charge in [-0.1, -0.05) is 0 Å². The second kappa shape index (κ2) is 3.92.